The van der Waals surface area contributed by atoms with Crippen LogP contribution < -0.4 is 5.32 Å². The third-order valence-electron chi connectivity index (χ3n) is 3.09. The summed E-state index contributed by atoms with van der Waals surface area (Å²) in [7, 11) is 1.96. The highest BCUT2D eigenvalue weighted by atomic mass is 16.5. The summed E-state index contributed by atoms with van der Waals surface area (Å²) in [6.07, 6.45) is 5.85. The molecule has 0 radical (unpaired) electrons. The minimum absolute atomic E-state index is 0.502. The smallest absolute Gasteiger partial charge is 0.151 e. The summed E-state index contributed by atoms with van der Waals surface area (Å²) in [4.78, 5) is 4.61. The maximum absolute atomic E-state index is 5.36. The molecule has 1 fully saturated rings. The number of nitrogens with zero attached hydrogens (tertiary/aromatic N) is 3. The van der Waals surface area contributed by atoms with E-state index < -0.39 is 0 Å². The van der Waals surface area contributed by atoms with Crippen LogP contribution in [0.5, 0.6) is 0 Å². The van der Waals surface area contributed by atoms with Crippen LogP contribution in [-0.4, -0.2) is 42.0 Å². The van der Waals surface area contributed by atoms with Crippen LogP contribution in [0.4, 0.5) is 0 Å². The molecule has 5 nitrogen and oxygen atoms in total. The molecule has 1 aromatic heterocycles. The largest absolute Gasteiger partial charge is 0.381 e. The Bertz CT molecular complexity index is 339. The monoisotopic (exact) mass is 236 g/mol. The van der Waals surface area contributed by atoms with E-state index in [0.717, 1.165) is 57.0 Å². The van der Waals surface area contributed by atoms with Crippen LogP contribution in [0.1, 0.15) is 36.7 Å². The van der Waals surface area contributed by atoms with E-state index in [-0.39, 0.29) is 0 Å². The molecule has 0 spiro atoms. The topological polar surface area (TPSA) is 59.9 Å². The van der Waals surface area contributed by atoms with Crippen LogP contribution in [0, 0.1) is 0 Å². The van der Waals surface area contributed by atoms with E-state index in [0.29, 0.717) is 5.92 Å². The molecule has 0 unspecified atom stereocenters. The first kappa shape index (κ1) is 12.4. The quantitative estimate of drug-likeness (QED) is 0.770. The Labute approximate surface area is 102 Å². The standard InChI is InChI=1S/C12H20N4O/c1-13-6-2-3-12-15-11(9-14-16-12)10-4-7-17-8-5-10/h9-10,13H,2-8H2,1H3. The number of hydrogen-bond acceptors (Lipinski definition) is 5. The van der Waals surface area contributed by atoms with Crippen LogP contribution in [0.3, 0.4) is 0 Å². The van der Waals surface area contributed by atoms with Crippen molar-refractivity contribution in [1.82, 2.24) is 20.5 Å². The van der Waals surface area contributed by atoms with Gasteiger partial charge in [-0.15, -0.1) is 5.10 Å². The van der Waals surface area contributed by atoms with Crippen LogP contribution in [0.2, 0.25) is 0 Å². The summed E-state index contributed by atoms with van der Waals surface area (Å²) < 4.78 is 5.36. The molecule has 0 aliphatic carbocycles. The number of hydrogen-bond donors (Lipinski definition) is 1. The number of aromatic nitrogens is 3. The first-order valence-corrected chi connectivity index (χ1v) is 6.31. The molecule has 2 heterocycles. The van der Waals surface area contributed by atoms with Crippen molar-refractivity contribution in [3.63, 3.8) is 0 Å². The number of nitrogens with one attached hydrogen (secondary N) is 1. The van der Waals surface area contributed by atoms with Gasteiger partial charge in [0.1, 0.15) is 0 Å². The average molecular weight is 236 g/mol. The molecule has 1 aliphatic heterocycles. The van der Waals surface area contributed by atoms with Crippen molar-refractivity contribution in [3.8, 4) is 0 Å². The molecule has 1 N–H and O–H groups in total. The fourth-order valence-electron chi connectivity index (χ4n) is 2.07. The predicted octanol–water partition coefficient (Wildman–Crippen LogP) is 0.918. The van der Waals surface area contributed by atoms with Gasteiger partial charge in [-0.1, -0.05) is 0 Å². The molecule has 5 heteroatoms. The molecule has 0 bridgehead atoms. The minimum Gasteiger partial charge on any atom is -0.381 e. The average Bonchev–Trinajstić information content (AvgIpc) is 2.41. The molecular formula is C12H20N4O. The highest BCUT2D eigenvalue weighted by Crippen LogP contribution is 2.24. The Balaban J connectivity index is 1.95. The van der Waals surface area contributed by atoms with Gasteiger partial charge in [0.2, 0.25) is 0 Å². The normalized spacial score (nSPS) is 17.2. The van der Waals surface area contributed by atoms with Gasteiger partial charge in [-0.2, -0.15) is 5.10 Å². The van der Waals surface area contributed by atoms with E-state index in [9.17, 15) is 0 Å². The lowest BCUT2D eigenvalue weighted by atomic mass is 9.97. The zero-order valence-corrected chi connectivity index (χ0v) is 10.4. The van der Waals surface area contributed by atoms with Gasteiger partial charge in [-0.05, 0) is 32.9 Å². The van der Waals surface area contributed by atoms with Gasteiger partial charge in [-0.3, -0.25) is 0 Å². The maximum atomic E-state index is 5.36. The predicted molar refractivity (Wildman–Crippen MR) is 64.9 cm³/mol. The zero-order chi connectivity index (χ0) is 11.9. The number of ether oxygens (including phenoxy) is 1. The fourth-order valence-corrected chi connectivity index (χ4v) is 2.07. The molecule has 1 aliphatic rings. The molecule has 0 aromatic carbocycles. The lowest BCUT2D eigenvalue weighted by Crippen LogP contribution is -2.17. The summed E-state index contributed by atoms with van der Waals surface area (Å²) in [6, 6.07) is 0. The minimum atomic E-state index is 0.502. The van der Waals surface area contributed by atoms with Crippen molar-refractivity contribution in [3.05, 3.63) is 17.7 Å². The van der Waals surface area contributed by atoms with Gasteiger partial charge < -0.3 is 10.1 Å². The second-order valence-electron chi connectivity index (χ2n) is 4.39. The highest BCUT2D eigenvalue weighted by molar-refractivity contribution is 5.05. The summed E-state index contributed by atoms with van der Waals surface area (Å²) in [6.45, 7) is 2.67. The lowest BCUT2D eigenvalue weighted by Gasteiger charge is -2.21. The van der Waals surface area contributed by atoms with Crippen molar-refractivity contribution < 1.29 is 4.74 Å². The number of rotatable bonds is 5. The van der Waals surface area contributed by atoms with Crippen LogP contribution in [-0.2, 0) is 11.2 Å². The van der Waals surface area contributed by atoms with Crippen molar-refractivity contribution in [1.29, 1.82) is 0 Å². The van der Waals surface area contributed by atoms with Crippen molar-refractivity contribution in [2.24, 2.45) is 0 Å². The van der Waals surface area contributed by atoms with E-state index in [2.05, 4.69) is 20.5 Å². The molecular weight excluding hydrogens is 216 g/mol. The Morgan fingerprint density at radius 1 is 1.41 bits per heavy atom. The van der Waals surface area contributed by atoms with Gasteiger partial charge in [0, 0.05) is 25.6 Å². The Morgan fingerprint density at radius 3 is 3.00 bits per heavy atom. The van der Waals surface area contributed by atoms with Crippen molar-refractivity contribution in [2.75, 3.05) is 26.8 Å². The fraction of sp³-hybridized carbons (Fsp3) is 0.750. The Morgan fingerprint density at radius 2 is 2.24 bits per heavy atom. The van der Waals surface area contributed by atoms with E-state index in [4.69, 9.17) is 4.74 Å². The maximum Gasteiger partial charge on any atom is 0.151 e. The van der Waals surface area contributed by atoms with Gasteiger partial charge >= 0.3 is 0 Å². The van der Waals surface area contributed by atoms with Crippen LogP contribution in [0.25, 0.3) is 0 Å². The Kier molecular flexibility index (Phi) is 4.82. The van der Waals surface area contributed by atoms with Gasteiger partial charge in [0.05, 0.1) is 11.9 Å². The molecule has 0 atom stereocenters. The van der Waals surface area contributed by atoms with Crippen molar-refractivity contribution >= 4 is 0 Å². The van der Waals surface area contributed by atoms with Gasteiger partial charge in [-0.25, -0.2) is 4.98 Å². The van der Waals surface area contributed by atoms with E-state index in [1.165, 1.54) is 0 Å². The molecule has 1 aromatic rings. The molecule has 2 rings (SSSR count). The number of aryl methyl sites for hydroxylation is 1. The van der Waals surface area contributed by atoms with E-state index >= 15 is 0 Å². The summed E-state index contributed by atoms with van der Waals surface area (Å²) in [5.74, 6) is 1.37. The molecule has 0 amide bonds. The highest BCUT2D eigenvalue weighted by Gasteiger charge is 2.18. The third-order valence-corrected chi connectivity index (χ3v) is 3.09. The molecule has 0 saturated carbocycles. The molecule has 1 saturated heterocycles. The zero-order valence-electron chi connectivity index (χ0n) is 10.4. The summed E-state index contributed by atoms with van der Waals surface area (Å²) >= 11 is 0. The summed E-state index contributed by atoms with van der Waals surface area (Å²) in [5.41, 5.74) is 1.09. The Hall–Kier alpha value is -1.07. The lowest BCUT2D eigenvalue weighted by molar-refractivity contribution is 0.0843. The third kappa shape index (κ3) is 3.71. The van der Waals surface area contributed by atoms with Crippen LogP contribution >= 0.6 is 0 Å². The summed E-state index contributed by atoms with van der Waals surface area (Å²) in [5, 5.41) is 11.3. The van der Waals surface area contributed by atoms with Gasteiger partial charge in [0.15, 0.2) is 5.82 Å². The molecule has 17 heavy (non-hydrogen) atoms. The van der Waals surface area contributed by atoms with Crippen LogP contribution in [0.15, 0.2) is 6.20 Å². The second-order valence-corrected chi connectivity index (χ2v) is 4.39. The van der Waals surface area contributed by atoms with E-state index in [1.807, 2.05) is 7.05 Å². The first-order valence-electron chi connectivity index (χ1n) is 6.31. The first-order chi connectivity index (χ1) is 8.40. The van der Waals surface area contributed by atoms with E-state index in [1.54, 1.807) is 6.20 Å². The molecule has 94 valence electrons. The van der Waals surface area contributed by atoms with Crippen molar-refractivity contribution in [2.45, 2.75) is 31.6 Å². The second kappa shape index (κ2) is 6.61. The SMILES string of the molecule is CNCCCc1nncc(C2CCOCC2)n1. The van der Waals surface area contributed by atoms with Gasteiger partial charge in [0.25, 0.3) is 0 Å².